The molecule has 1 saturated heterocycles. The van der Waals surface area contributed by atoms with Crippen LogP contribution in [0.2, 0.25) is 0 Å². The molecule has 108 valence electrons. The highest BCUT2D eigenvalue weighted by Crippen LogP contribution is 2.16. The molecule has 0 N–H and O–H groups in total. The van der Waals surface area contributed by atoms with Crippen molar-refractivity contribution in [2.45, 2.75) is 0 Å². The van der Waals surface area contributed by atoms with E-state index in [1.54, 1.807) is 17.2 Å². The van der Waals surface area contributed by atoms with E-state index >= 15 is 0 Å². The lowest BCUT2D eigenvalue weighted by atomic mass is 10.1. The molecule has 0 atom stereocenters. The first-order valence-electron chi connectivity index (χ1n) is 6.91. The lowest BCUT2D eigenvalue weighted by Crippen LogP contribution is -2.45. The topological polar surface area (TPSA) is 51.5 Å². The number of hydrogen-bond acceptors (Lipinski definition) is 3. The molecular formula is C16H16N2O3. The molecule has 1 aliphatic rings. The number of amides is 1. The van der Waals surface area contributed by atoms with Crippen LogP contribution in [0.25, 0.3) is 11.1 Å². The summed E-state index contributed by atoms with van der Waals surface area (Å²) in [5.74, 6) is 0. The van der Waals surface area contributed by atoms with Crippen molar-refractivity contribution < 1.29 is 9.53 Å². The fraction of sp³-hybridized carbons (Fsp3) is 0.250. The third kappa shape index (κ3) is 2.87. The third-order valence-electron chi connectivity index (χ3n) is 3.51. The Kier molecular flexibility index (Phi) is 3.83. The monoisotopic (exact) mass is 284 g/mol. The van der Waals surface area contributed by atoms with E-state index in [1.165, 1.54) is 6.07 Å². The standard InChI is InChI=1S/C16H16N2O3/c19-15-12-14(13-4-2-1-3-5-13)6-7-18(15)16(20)17-8-10-21-11-9-17/h1-7,12H,8-11H2. The summed E-state index contributed by atoms with van der Waals surface area (Å²) in [7, 11) is 0. The fourth-order valence-corrected chi connectivity index (χ4v) is 2.35. The summed E-state index contributed by atoms with van der Waals surface area (Å²) in [5, 5.41) is 0. The van der Waals surface area contributed by atoms with Gasteiger partial charge in [0.15, 0.2) is 0 Å². The van der Waals surface area contributed by atoms with Gasteiger partial charge in [-0.1, -0.05) is 30.3 Å². The molecule has 21 heavy (non-hydrogen) atoms. The summed E-state index contributed by atoms with van der Waals surface area (Å²) in [5.41, 5.74) is 1.46. The first-order chi connectivity index (χ1) is 10.3. The molecule has 1 amide bonds. The third-order valence-corrected chi connectivity index (χ3v) is 3.51. The van der Waals surface area contributed by atoms with Crippen molar-refractivity contribution in [1.82, 2.24) is 9.47 Å². The van der Waals surface area contributed by atoms with Gasteiger partial charge in [-0.25, -0.2) is 9.36 Å². The Bertz CT molecular complexity index is 688. The molecule has 2 aromatic rings. The minimum Gasteiger partial charge on any atom is -0.378 e. The second-order valence-corrected chi connectivity index (χ2v) is 4.87. The predicted octanol–water partition coefficient (Wildman–Crippen LogP) is 1.82. The van der Waals surface area contributed by atoms with Crippen molar-refractivity contribution in [3.63, 3.8) is 0 Å². The Morgan fingerprint density at radius 2 is 1.71 bits per heavy atom. The molecule has 0 unspecified atom stereocenters. The summed E-state index contributed by atoms with van der Waals surface area (Å²) in [6.07, 6.45) is 1.54. The van der Waals surface area contributed by atoms with Crippen molar-refractivity contribution in [3.8, 4) is 11.1 Å². The number of carbonyl (C=O) groups excluding carboxylic acids is 1. The van der Waals surface area contributed by atoms with Crippen LogP contribution in [-0.4, -0.2) is 41.8 Å². The minimum absolute atomic E-state index is 0.289. The molecule has 1 aromatic heterocycles. The molecule has 5 heteroatoms. The van der Waals surface area contributed by atoms with Gasteiger partial charge in [0.25, 0.3) is 5.56 Å². The maximum absolute atomic E-state index is 12.3. The molecule has 3 rings (SSSR count). The van der Waals surface area contributed by atoms with Crippen LogP contribution < -0.4 is 5.56 Å². The second kappa shape index (κ2) is 5.93. The Labute approximate surface area is 122 Å². The summed E-state index contributed by atoms with van der Waals surface area (Å²) >= 11 is 0. The maximum atomic E-state index is 12.3. The van der Waals surface area contributed by atoms with Gasteiger partial charge in [-0.3, -0.25) is 4.79 Å². The van der Waals surface area contributed by atoms with E-state index in [0.717, 1.165) is 15.7 Å². The Balaban J connectivity index is 1.88. The molecule has 1 aliphatic heterocycles. The predicted molar refractivity (Wildman–Crippen MR) is 79.3 cm³/mol. The highest BCUT2D eigenvalue weighted by atomic mass is 16.5. The smallest absolute Gasteiger partial charge is 0.331 e. The zero-order chi connectivity index (χ0) is 14.7. The van der Waals surface area contributed by atoms with Gasteiger partial charge in [0.2, 0.25) is 0 Å². The van der Waals surface area contributed by atoms with Gasteiger partial charge in [-0.2, -0.15) is 0 Å². The number of hydrogen-bond donors (Lipinski definition) is 0. The first kappa shape index (κ1) is 13.6. The van der Waals surface area contributed by atoms with E-state index in [-0.39, 0.29) is 11.6 Å². The Morgan fingerprint density at radius 1 is 1.00 bits per heavy atom. The number of aromatic nitrogens is 1. The van der Waals surface area contributed by atoms with Crippen LogP contribution in [0.5, 0.6) is 0 Å². The average Bonchev–Trinajstić information content (AvgIpc) is 2.56. The van der Waals surface area contributed by atoms with Gasteiger partial charge in [-0.05, 0) is 17.2 Å². The van der Waals surface area contributed by atoms with Gasteiger partial charge < -0.3 is 9.64 Å². The number of rotatable bonds is 1. The Hall–Kier alpha value is -2.40. The Morgan fingerprint density at radius 3 is 2.38 bits per heavy atom. The van der Waals surface area contributed by atoms with Crippen molar-refractivity contribution >= 4 is 6.03 Å². The van der Waals surface area contributed by atoms with Crippen molar-refractivity contribution in [3.05, 3.63) is 59.0 Å². The van der Waals surface area contributed by atoms with Crippen LogP contribution in [0.1, 0.15) is 0 Å². The normalized spacial score (nSPS) is 15.0. The van der Waals surface area contributed by atoms with Crippen LogP contribution in [0.3, 0.4) is 0 Å². The molecule has 1 fully saturated rings. The van der Waals surface area contributed by atoms with Gasteiger partial charge in [0, 0.05) is 25.4 Å². The second-order valence-electron chi connectivity index (χ2n) is 4.87. The number of morpholine rings is 1. The van der Waals surface area contributed by atoms with Crippen molar-refractivity contribution in [2.75, 3.05) is 26.3 Å². The molecular weight excluding hydrogens is 268 g/mol. The van der Waals surface area contributed by atoms with E-state index < -0.39 is 0 Å². The molecule has 0 bridgehead atoms. The largest absolute Gasteiger partial charge is 0.378 e. The SMILES string of the molecule is O=C(N1CCOCC1)n1ccc(-c2ccccc2)cc1=O. The molecule has 0 radical (unpaired) electrons. The zero-order valence-corrected chi connectivity index (χ0v) is 11.6. The van der Waals surface area contributed by atoms with Crippen LogP contribution >= 0.6 is 0 Å². The van der Waals surface area contributed by atoms with E-state index in [4.69, 9.17) is 4.74 Å². The lowest BCUT2D eigenvalue weighted by molar-refractivity contribution is 0.0533. The number of pyridine rings is 1. The van der Waals surface area contributed by atoms with Crippen molar-refractivity contribution in [2.24, 2.45) is 0 Å². The molecule has 0 spiro atoms. The van der Waals surface area contributed by atoms with Crippen LogP contribution in [-0.2, 0) is 4.74 Å². The number of carbonyl (C=O) groups is 1. The maximum Gasteiger partial charge on any atom is 0.331 e. The van der Waals surface area contributed by atoms with Gasteiger partial charge in [0.1, 0.15) is 0 Å². The molecule has 5 nitrogen and oxygen atoms in total. The van der Waals surface area contributed by atoms with Gasteiger partial charge in [0.05, 0.1) is 13.2 Å². The lowest BCUT2D eigenvalue weighted by Gasteiger charge is -2.26. The number of nitrogens with zero attached hydrogens (tertiary/aromatic N) is 2. The van der Waals surface area contributed by atoms with Crippen molar-refractivity contribution in [1.29, 1.82) is 0 Å². The molecule has 0 saturated carbocycles. The van der Waals surface area contributed by atoms with Crippen LogP contribution in [0, 0.1) is 0 Å². The highest BCUT2D eigenvalue weighted by molar-refractivity contribution is 5.77. The van der Waals surface area contributed by atoms with E-state index in [2.05, 4.69) is 0 Å². The van der Waals surface area contributed by atoms with Crippen LogP contribution in [0.4, 0.5) is 4.79 Å². The minimum atomic E-state index is -0.312. The summed E-state index contributed by atoms with van der Waals surface area (Å²) < 4.78 is 6.36. The summed E-state index contributed by atoms with van der Waals surface area (Å²) in [6, 6.07) is 12.6. The highest BCUT2D eigenvalue weighted by Gasteiger charge is 2.19. The van der Waals surface area contributed by atoms with E-state index in [9.17, 15) is 9.59 Å². The van der Waals surface area contributed by atoms with Gasteiger partial charge in [-0.15, -0.1) is 0 Å². The zero-order valence-electron chi connectivity index (χ0n) is 11.6. The van der Waals surface area contributed by atoms with Gasteiger partial charge >= 0.3 is 6.03 Å². The number of ether oxygens (including phenoxy) is 1. The fourth-order valence-electron chi connectivity index (χ4n) is 2.35. The first-order valence-corrected chi connectivity index (χ1v) is 6.91. The quantitative estimate of drug-likeness (QED) is 0.802. The van der Waals surface area contributed by atoms with E-state index in [0.29, 0.717) is 26.3 Å². The molecule has 1 aromatic carbocycles. The molecule has 2 heterocycles. The molecule has 0 aliphatic carbocycles. The summed E-state index contributed by atoms with van der Waals surface area (Å²) in [6.45, 7) is 2.07. The van der Waals surface area contributed by atoms with Crippen LogP contribution in [0.15, 0.2) is 53.5 Å². The van der Waals surface area contributed by atoms with E-state index in [1.807, 2.05) is 30.3 Å². The average molecular weight is 284 g/mol. The number of benzene rings is 1. The summed E-state index contributed by atoms with van der Waals surface area (Å²) in [4.78, 5) is 26.1.